The van der Waals surface area contributed by atoms with E-state index in [4.69, 9.17) is 16.2 Å². The highest BCUT2D eigenvalue weighted by Gasteiger charge is 2.22. The summed E-state index contributed by atoms with van der Waals surface area (Å²) in [5.74, 6) is 1.29. The zero-order chi connectivity index (χ0) is 15.7. The third-order valence-electron chi connectivity index (χ3n) is 3.84. The van der Waals surface area contributed by atoms with Crippen LogP contribution in [-0.4, -0.2) is 24.5 Å². The molecule has 1 unspecified atom stereocenters. The van der Waals surface area contributed by atoms with E-state index in [0.29, 0.717) is 12.6 Å². The second kappa shape index (κ2) is 5.69. The van der Waals surface area contributed by atoms with Crippen LogP contribution < -0.4 is 16.2 Å². The Hall–Kier alpha value is -2.53. The van der Waals surface area contributed by atoms with E-state index in [9.17, 15) is 0 Å². The summed E-state index contributed by atoms with van der Waals surface area (Å²) in [6, 6.07) is 14.1. The molecule has 0 bridgehead atoms. The zero-order valence-electron chi connectivity index (χ0n) is 12.8. The Morgan fingerprint density at radius 1 is 1.18 bits per heavy atom. The van der Waals surface area contributed by atoms with Gasteiger partial charge in [0.15, 0.2) is 5.96 Å². The fourth-order valence-electron chi connectivity index (χ4n) is 2.56. The van der Waals surface area contributed by atoms with Gasteiger partial charge in [-0.1, -0.05) is 24.3 Å². The van der Waals surface area contributed by atoms with Crippen LogP contribution in [0.2, 0.25) is 0 Å². The third-order valence-corrected chi connectivity index (χ3v) is 3.84. The predicted octanol–water partition coefficient (Wildman–Crippen LogP) is 2.60. The van der Waals surface area contributed by atoms with Gasteiger partial charge in [-0.25, -0.2) is 4.99 Å². The first-order valence-corrected chi connectivity index (χ1v) is 7.30. The van der Waals surface area contributed by atoms with Crippen LogP contribution in [0.15, 0.2) is 47.5 Å². The van der Waals surface area contributed by atoms with Crippen LogP contribution in [0.3, 0.4) is 0 Å². The topological polar surface area (TPSA) is 76.9 Å². The van der Waals surface area contributed by atoms with E-state index < -0.39 is 0 Å². The molecule has 2 aromatic carbocycles. The Morgan fingerprint density at radius 2 is 1.95 bits per heavy atom. The lowest BCUT2D eigenvalue weighted by Gasteiger charge is -2.30. The summed E-state index contributed by atoms with van der Waals surface area (Å²) in [6.45, 7) is 2.62. The van der Waals surface area contributed by atoms with Gasteiger partial charge in [0.1, 0.15) is 11.9 Å². The number of aliphatic imine (C=N–C) groups is 1. The summed E-state index contributed by atoms with van der Waals surface area (Å²) < 4.78 is 5.55. The molecule has 0 aliphatic carbocycles. The van der Waals surface area contributed by atoms with Gasteiger partial charge in [-0.2, -0.15) is 0 Å². The smallest absolute Gasteiger partial charge is 0.197 e. The summed E-state index contributed by atoms with van der Waals surface area (Å²) in [6.07, 6.45) is -0.267. The summed E-state index contributed by atoms with van der Waals surface area (Å²) in [5.41, 5.74) is 16.0. The molecule has 2 aromatic rings. The minimum Gasteiger partial charge on any atom is -0.494 e. The lowest BCUT2D eigenvalue weighted by atomic mass is 10.00. The molecule has 0 fully saturated rings. The summed E-state index contributed by atoms with van der Waals surface area (Å²) in [5, 5.41) is 0. The molecule has 22 heavy (non-hydrogen) atoms. The molecule has 1 atom stereocenters. The average Bonchev–Trinajstić information content (AvgIpc) is 2.53. The average molecular weight is 296 g/mol. The molecule has 0 amide bonds. The first-order valence-electron chi connectivity index (χ1n) is 7.30. The van der Waals surface area contributed by atoms with Gasteiger partial charge in [-0.05, 0) is 36.2 Å². The van der Waals surface area contributed by atoms with Crippen LogP contribution in [0.5, 0.6) is 5.75 Å². The molecule has 0 radical (unpaired) electrons. The number of ether oxygens (including phenoxy) is 1. The molecule has 0 saturated carbocycles. The lowest BCUT2D eigenvalue weighted by molar-refractivity contribution is 0.340. The van der Waals surface area contributed by atoms with Crippen molar-refractivity contribution in [3.05, 3.63) is 48.0 Å². The quantitative estimate of drug-likeness (QED) is 0.912. The fraction of sp³-hybridized carbons (Fsp3) is 0.235. The standard InChI is InChI=1S/C17H20N4O/c1-3-22-13-6-4-5-11(9-13)12-7-8-14-15(10-12)20-17(19)21(2)16(14)18/h4-10,16H,3,18H2,1-2H3,(H2,19,20). The van der Waals surface area contributed by atoms with Gasteiger partial charge in [0.05, 0.1) is 12.3 Å². The first kappa shape index (κ1) is 14.4. The van der Waals surface area contributed by atoms with Crippen molar-refractivity contribution in [2.75, 3.05) is 13.7 Å². The van der Waals surface area contributed by atoms with Gasteiger partial charge in [0.2, 0.25) is 0 Å². The molecule has 0 saturated heterocycles. The van der Waals surface area contributed by atoms with Crippen molar-refractivity contribution >= 4 is 11.6 Å². The van der Waals surface area contributed by atoms with E-state index in [1.165, 1.54) is 0 Å². The third kappa shape index (κ3) is 2.51. The highest BCUT2D eigenvalue weighted by atomic mass is 16.5. The molecule has 4 N–H and O–H groups in total. The van der Waals surface area contributed by atoms with Crippen molar-refractivity contribution in [1.29, 1.82) is 0 Å². The zero-order valence-corrected chi connectivity index (χ0v) is 12.8. The second-order valence-electron chi connectivity index (χ2n) is 5.26. The Morgan fingerprint density at radius 3 is 2.73 bits per heavy atom. The molecule has 5 heteroatoms. The van der Waals surface area contributed by atoms with Gasteiger partial charge in [-0.15, -0.1) is 0 Å². The van der Waals surface area contributed by atoms with Crippen LogP contribution >= 0.6 is 0 Å². The van der Waals surface area contributed by atoms with Gasteiger partial charge in [0.25, 0.3) is 0 Å². The molecule has 0 spiro atoms. The highest BCUT2D eigenvalue weighted by molar-refractivity contribution is 5.85. The van der Waals surface area contributed by atoms with Crippen molar-refractivity contribution in [1.82, 2.24) is 4.90 Å². The number of fused-ring (bicyclic) bond motifs is 1. The molecule has 114 valence electrons. The molecule has 1 heterocycles. The van der Waals surface area contributed by atoms with E-state index in [2.05, 4.69) is 11.1 Å². The fourth-order valence-corrected chi connectivity index (χ4v) is 2.56. The number of nitrogens with two attached hydrogens (primary N) is 2. The molecular weight excluding hydrogens is 276 g/mol. The van der Waals surface area contributed by atoms with Crippen LogP contribution in [0.25, 0.3) is 11.1 Å². The Balaban J connectivity index is 2.02. The van der Waals surface area contributed by atoms with Gasteiger partial charge < -0.3 is 21.1 Å². The van der Waals surface area contributed by atoms with Crippen LogP contribution in [-0.2, 0) is 0 Å². The van der Waals surface area contributed by atoms with Crippen molar-refractivity contribution in [3.63, 3.8) is 0 Å². The summed E-state index contributed by atoms with van der Waals surface area (Å²) in [4.78, 5) is 6.19. The highest BCUT2D eigenvalue weighted by Crippen LogP contribution is 2.34. The summed E-state index contributed by atoms with van der Waals surface area (Å²) in [7, 11) is 1.84. The van der Waals surface area contributed by atoms with E-state index in [0.717, 1.165) is 28.1 Å². The molecule has 1 aliphatic heterocycles. The SMILES string of the molecule is CCOc1cccc(-c2ccc3c(c2)N=C(N)N(C)C3N)c1. The van der Waals surface area contributed by atoms with Crippen molar-refractivity contribution in [2.45, 2.75) is 13.1 Å². The Kier molecular flexibility index (Phi) is 3.73. The minimum absolute atomic E-state index is 0.267. The first-order chi connectivity index (χ1) is 10.6. The van der Waals surface area contributed by atoms with E-state index in [-0.39, 0.29) is 6.17 Å². The van der Waals surface area contributed by atoms with Gasteiger partial charge in [0, 0.05) is 12.6 Å². The van der Waals surface area contributed by atoms with E-state index in [1.54, 1.807) is 4.90 Å². The van der Waals surface area contributed by atoms with E-state index >= 15 is 0 Å². The number of benzene rings is 2. The van der Waals surface area contributed by atoms with E-state index in [1.807, 2.05) is 50.4 Å². The van der Waals surface area contributed by atoms with Gasteiger partial charge >= 0.3 is 0 Å². The maximum atomic E-state index is 6.18. The molecular formula is C17H20N4O. The normalized spacial score (nSPS) is 17.0. The minimum atomic E-state index is -0.267. The van der Waals surface area contributed by atoms with Crippen LogP contribution in [0.1, 0.15) is 18.7 Å². The maximum Gasteiger partial charge on any atom is 0.197 e. The number of guanidine groups is 1. The summed E-state index contributed by atoms with van der Waals surface area (Å²) >= 11 is 0. The van der Waals surface area contributed by atoms with Crippen LogP contribution in [0.4, 0.5) is 5.69 Å². The number of hydrogen-bond donors (Lipinski definition) is 2. The monoisotopic (exact) mass is 296 g/mol. The molecule has 3 rings (SSSR count). The van der Waals surface area contributed by atoms with Crippen LogP contribution in [0, 0.1) is 0 Å². The lowest BCUT2D eigenvalue weighted by Crippen LogP contribution is -2.42. The maximum absolute atomic E-state index is 6.18. The Labute approximate surface area is 130 Å². The largest absolute Gasteiger partial charge is 0.494 e. The van der Waals surface area contributed by atoms with Crippen molar-refractivity contribution in [3.8, 4) is 16.9 Å². The number of nitrogens with zero attached hydrogens (tertiary/aromatic N) is 2. The molecule has 1 aliphatic rings. The number of hydrogen-bond acceptors (Lipinski definition) is 5. The van der Waals surface area contributed by atoms with Gasteiger partial charge in [-0.3, -0.25) is 0 Å². The second-order valence-corrected chi connectivity index (χ2v) is 5.26. The van der Waals surface area contributed by atoms with Crippen molar-refractivity contribution < 1.29 is 4.74 Å². The molecule has 0 aromatic heterocycles. The Bertz CT molecular complexity index is 726. The van der Waals surface area contributed by atoms with Crippen molar-refractivity contribution in [2.24, 2.45) is 16.5 Å². The number of rotatable bonds is 3. The molecule has 5 nitrogen and oxygen atoms in total. The predicted molar refractivity (Wildman–Crippen MR) is 89.0 cm³/mol.